The molecule has 0 aliphatic carbocycles. The lowest BCUT2D eigenvalue weighted by Crippen LogP contribution is -2.29. The molecular weight excluding hydrogens is 427 g/mol. The highest BCUT2D eigenvalue weighted by molar-refractivity contribution is 14.1. The van der Waals surface area contributed by atoms with Gasteiger partial charge in [0.05, 0.1) is 5.02 Å². The van der Waals surface area contributed by atoms with Crippen LogP contribution in [0.3, 0.4) is 0 Å². The highest BCUT2D eigenvalue weighted by Gasteiger charge is 2.29. The standard InChI is InChI=1S/C12H14ClIN4O2S/c1-12(2,3)18-10(16-17-11(18)21(15,19)20)7-4-5-9(14)8(13)6-7/h4-6H,1-3H3,(H2,15,19,20). The predicted octanol–water partition coefficient (Wildman–Crippen LogP) is 2.61. The Hall–Kier alpha value is -0.710. The summed E-state index contributed by atoms with van der Waals surface area (Å²) in [6.07, 6.45) is 0. The smallest absolute Gasteiger partial charge is 0.273 e. The van der Waals surface area contributed by atoms with Crippen LogP contribution in [0, 0.1) is 3.57 Å². The van der Waals surface area contributed by atoms with E-state index in [0.29, 0.717) is 16.4 Å². The summed E-state index contributed by atoms with van der Waals surface area (Å²) in [5.74, 6) is 0.407. The summed E-state index contributed by atoms with van der Waals surface area (Å²) in [6, 6.07) is 5.37. The van der Waals surface area contributed by atoms with Gasteiger partial charge in [0, 0.05) is 14.7 Å². The zero-order chi connectivity index (χ0) is 16.0. The van der Waals surface area contributed by atoms with Gasteiger partial charge in [0.15, 0.2) is 5.82 Å². The first-order valence-corrected chi connectivity index (χ1v) is 8.96. The van der Waals surface area contributed by atoms with E-state index in [-0.39, 0.29) is 5.16 Å². The monoisotopic (exact) mass is 440 g/mol. The fourth-order valence-electron chi connectivity index (χ4n) is 1.88. The van der Waals surface area contributed by atoms with Crippen molar-refractivity contribution < 1.29 is 8.42 Å². The number of sulfonamides is 1. The quantitative estimate of drug-likeness (QED) is 0.727. The first-order valence-electron chi connectivity index (χ1n) is 5.96. The second kappa shape index (κ2) is 5.49. The summed E-state index contributed by atoms with van der Waals surface area (Å²) in [4.78, 5) is 0. The van der Waals surface area contributed by atoms with Crippen molar-refractivity contribution in [3.05, 3.63) is 26.8 Å². The van der Waals surface area contributed by atoms with Crippen molar-refractivity contribution in [3.63, 3.8) is 0 Å². The van der Waals surface area contributed by atoms with Crippen LogP contribution in [0.1, 0.15) is 20.8 Å². The van der Waals surface area contributed by atoms with E-state index in [2.05, 4.69) is 32.8 Å². The molecule has 1 aromatic carbocycles. The van der Waals surface area contributed by atoms with Crippen LogP contribution in [0.15, 0.2) is 23.4 Å². The molecule has 6 nitrogen and oxygen atoms in total. The Kier molecular flexibility index (Phi) is 4.35. The Morgan fingerprint density at radius 2 is 1.90 bits per heavy atom. The van der Waals surface area contributed by atoms with Gasteiger partial charge in [-0.3, -0.25) is 4.57 Å². The van der Waals surface area contributed by atoms with Crippen molar-refractivity contribution in [1.82, 2.24) is 14.8 Å². The molecule has 0 amide bonds. The highest BCUT2D eigenvalue weighted by Crippen LogP contribution is 2.30. The largest absolute Gasteiger partial charge is 0.291 e. The van der Waals surface area contributed by atoms with Crippen molar-refractivity contribution in [2.45, 2.75) is 31.5 Å². The van der Waals surface area contributed by atoms with Crippen LogP contribution in [0.2, 0.25) is 5.02 Å². The molecule has 0 bridgehead atoms. The number of nitrogens with zero attached hydrogens (tertiary/aromatic N) is 3. The Bertz CT molecular complexity index is 796. The molecular formula is C12H14ClIN4O2S. The average Bonchev–Trinajstić information content (AvgIpc) is 2.76. The van der Waals surface area contributed by atoms with Crippen LogP contribution in [-0.2, 0) is 15.6 Å². The van der Waals surface area contributed by atoms with Crippen LogP contribution in [0.4, 0.5) is 0 Å². The van der Waals surface area contributed by atoms with E-state index in [1.54, 1.807) is 6.07 Å². The number of halogens is 2. The topological polar surface area (TPSA) is 90.9 Å². The van der Waals surface area contributed by atoms with Crippen LogP contribution >= 0.6 is 34.2 Å². The Morgan fingerprint density at radius 3 is 2.38 bits per heavy atom. The minimum Gasteiger partial charge on any atom is -0.291 e. The van der Waals surface area contributed by atoms with Gasteiger partial charge in [-0.25, -0.2) is 13.6 Å². The molecule has 1 aromatic heterocycles. The van der Waals surface area contributed by atoms with Crippen molar-refractivity contribution >= 4 is 44.2 Å². The number of hydrogen-bond acceptors (Lipinski definition) is 4. The maximum Gasteiger partial charge on any atom is 0.273 e. The molecule has 0 fully saturated rings. The van der Waals surface area contributed by atoms with Crippen LogP contribution < -0.4 is 5.14 Å². The van der Waals surface area contributed by atoms with Crippen molar-refractivity contribution in [2.24, 2.45) is 5.14 Å². The van der Waals surface area contributed by atoms with Crippen LogP contribution in [-0.4, -0.2) is 23.2 Å². The maximum atomic E-state index is 11.7. The minimum atomic E-state index is -3.97. The molecule has 2 aromatic rings. The first kappa shape index (κ1) is 16.7. The van der Waals surface area contributed by atoms with E-state index in [1.807, 2.05) is 32.9 Å². The number of primary sulfonamides is 1. The lowest BCUT2D eigenvalue weighted by Gasteiger charge is -2.24. The Labute approximate surface area is 141 Å². The summed E-state index contributed by atoms with van der Waals surface area (Å²) in [5, 5.41) is 13.2. The summed E-state index contributed by atoms with van der Waals surface area (Å²) >= 11 is 8.23. The van der Waals surface area contributed by atoms with Gasteiger partial charge in [0.1, 0.15) is 0 Å². The Balaban J connectivity index is 2.76. The summed E-state index contributed by atoms with van der Waals surface area (Å²) in [5.41, 5.74) is 0.119. The molecule has 2 rings (SSSR count). The van der Waals surface area contributed by atoms with Crippen molar-refractivity contribution in [1.29, 1.82) is 0 Å². The zero-order valence-corrected chi connectivity index (χ0v) is 15.4. The molecule has 21 heavy (non-hydrogen) atoms. The summed E-state index contributed by atoms with van der Waals surface area (Å²) < 4.78 is 25.8. The summed E-state index contributed by atoms with van der Waals surface area (Å²) in [6.45, 7) is 5.55. The first-order chi connectivity index (χ1) is 9.51. The molecule has 0 spiro atoms. The molecule has 0 atom stereocenters. The third kappa shape index (κ3) is 3.38. The van der Waals surface area contributed by atoms with Gasteiger partial charge in [-0.05, 0) is 55.5 Å². The van der Waals surface area contributed by atoms with Gasteiger partial charge in [-0.15, -0.1) is 10.2 Å². The molecule has 1 heterocycles. The third-order valence-electron chi connectivity index (χ3n) is 2.74. The number of aromatic nitrogens is 3. The van der Waals surface area contributed by atoms with E-state index < -0.39 is 15.6 Å². The van der Waals surface area contributed by atoms with E-state index in [1.165, 1.54) is 4.57 Å². The highest BCUT2D eigenvalue weighted by atomic mass is 127. The van der Waals surface area contributed by atoms with Gasteiger partial charge < -0.3 is 0 Å². The minimum absolute atomic E-state index is 0.264. The van der Waals surface area contributed by atoms with Gasteiger partial charge in [-0.2, -0.15) is 0 Å². The Morgan fingerprint density at radius 1 is 1.29 bits per heavy atom. The van der Waals surface area contributed by atoms with Crippen LogP contribution in [0.5, 0.6) is 0 Å². The van der Waals surface area contributed by atoms with Gasteiger partial charge >= 0.3 is 0 Å². The van der Waals surface area contributed by atoms with E-state index in [9.17, 15) is 8.42 Å². The third-order valence-corrected chi connectivity index (χ3v) is 5.08. The zero-order valence-electron chi connectivity index (χ0n) is 11.6. The van der Waals surface area contributed by atoms with Crippen molar-refractivity contribution in [3.8, 4) is 11.4 Å². The lowest BCUT2D eigenvalue weighted by atomic mass is 10.1. The molecule has 9 heteroatoms. The average molecular weight is 441 g/mol. The number of rotatable bonds is 2. The molecule has 0 unspecified atom stereocenters. The molecule has 2 N–H and O–H groups in total. The molecule has 0 aliphatic heterocycles. The fraction of sp³-hybridized carbons (Fsp3) is 0.333. The number of nitrogens with two attached hydrogens (primary N) is 1. The van der Waals surface area contributed by atoms with E-state index >= 15 is 0 Å². The second-order valence-corrected chi connectivity index (χ2v) is 8.51. The predicted molar refractivity (Wildman–Crippen MR) is 89.6 cm³/mol. The molecule has 0 aliphatic rings. The molecule has 0 radical (unpaired) electrons. The van der Waals surface area contributed by atoms with Crippen LogP contribution in [0.25, 0.3) is 11.4 Å². The van der Waals surface area contributed by atoms with E-state index in [0.717, 1.165) is 3.57 Å². The molecule has 0 saturated carbocycles. The van der Waals surface area contributed by atoms with Gasteiger partial charge in [0.25, 0.3) is 15.2 Å². The number of hydrogen-bond donors (Lipinski definition) is 1. The SMILES string of the molecule is CC(C)(C)n1c(-c2ccc(I)c(Cl)c2)nnc1S(N)(=O)=O. The second-order valence-electron chi connectivity index (χ2n) is 5.49. The normalized spacial score (nSPS) is 12.7. The summed E-state index contributed by atoms with van der Waals surface area (Å²) in [7, 11) is -3.97. The maximum absolute atomic E-state index is 11.7. The molecule has 114 valence electrons. The fourth-order valence-corrected chi connectivity index (χ4v) is 3.17. The van der Waals surface area contributed by atoms with Gasteiger partial charge in [-0.1, -0.05) is 17.7 Å². The van der Waals surface area contributed by atoms with E-state index in [4.69, 9.17) is 16.7 Å². The lowest BCUT2D eigenvalue weighted by molar-refractivity contribution is 0.366. The van der Waals surface area contributed by atoms with Gasteiger partial charge in [0.2, 0.25) is 0 Å². The number of benzene rings is 1. The molecule has 0 saturated heterocycles. The van der Waals surface area contributed by atoms with Crippen molar-refractivity contribution in [2.75, 3.05) is 0 Å².